The van der Waals surface area contributed by atoms with Crippen molar-refractivity contribution in [1.29, 1.82) is 0 Å². The molecule has 4 saturated heterocycles. The summed E-state index contributed by atoms with van der Waals surface area (Å²) in [5.74, 6) is -5.64. The fourth-order valence-corrected chi connectivity index (χ4v) is 11.8. The topological polar surface area (TPSA) is 165 Å². The van der Waals surface area contributed by atoms with E-state index < -0.39 is 76.8 Å². The van der Waals surface area contributed by atoms with Crippen molar-refractivity contribution in [3.05, 3.63) is 48.0 Å². The van der Waals surface area contributed by atoms with Crippen LogP contribution in [0.5, 0.6) is 0 Å². The second-order valence-corrected chi connectivity index (χ2v) is 20.7. The van der Waals surface area contributed by atoms with Gasteiger partial charge in [-0.05, 0) is 107 Å². The summed E-state index contributed by atoms with van der Waals surface area (Å²) < 4.78 is 34.9. The molecule has 63 heavy (non-hydrogen) atoms. The number of ketones is 1. The molecule has 0 aromatic heterocycles. The molecule has 12 nitrogen and oxygen atoms in total. The van der Waals surface area contributed by atoms with Crippen LogP contribution in [-0.2, 0) is 39.8 Å². The average molecular weight is 899 g/mol. The number of carbonyl (C=O) groups excluding carboxylic acids is 1. The Kier molecular flexibility index (Phi) is 16.0. The number of ether oxygens (including phenoxy) is 5. The van der Waals surface area contributed by atoms with Crippen LogP contribution >= 0.6 is 12.2 Å². The Labute approximate surface area is 382 Å². The number of aliphatic carboxylic acids is 1. The number of carbonyl (C=O) groups is 2. The zero-order valence-electron chi connectivity index (χ0n) is 39.5. The Balaban J connectivity index is 1.23. The lowest BCUT2D eigenvalue weighted by molar-refractivity contribution is -0.397. The first-order chi connectivity index (χ1) is 29.8. The third kappa shape index (κ3) is 10.3. The van der Waals surface area contributed by atoms with E-state index in [4.69, 9.17) is 35.9 Å². The summed E-state index contributed by atoms with van der Waals surface area (Å²) in [7, 11) is 0. The molecule has 1 aromatic rings. The number of aliphatic hydroxyl groups is 2. The van der Waals surface area contributed by atoms with E-state index in [2.05, 4.69) is 44.4 Å². The molecule has 0 saturated carbocycles. The van der Waals surface area contributed by atoms with Gasteiger partial charge in [0.05, 0.1) is 53.7 Å². The predicted molar refractivity (Wildman–Crippen MR) is 245 cm³/mol. The van der Waals surface area contributed by atoms with E-state index in [1.807, 2.05) is 71.0 Å². The molecule has 1 aromatic carbocycles. The zero-order valence-corrected chi connectivity index (χ0v) is 40.3. The first-order valence-electron chi connectivity index (χ1n) is 24.1. The second kappa shape index (κ2) is 20.2. The number of carboxylic acids is 1. The summed E-state index contributed by atoms with van der Waals surface area (Å²) in [6, 6.07) is 9.57. The van der Waals surface area contributed by atoms with Gasteiger partial charge >= 0.3 is 5.97 Å². The number of hydrogen-bond acceptors (Lipinski definition) is 10. The molecule has 5 heterocycles. The fraction of sp³-hybridized carbons (Fsp3) is 0.780. The molecule has 4 fully saturated rings. The zero-order chi connectivity index (χ0) is 46.1. The molecule has 0 amide bonds. The van der Waals surface area contributed by atoms with Crippen LogP contribution in [0.15, 0.2) is 42.5 Å². The molecular formula is C50H78N2O10S. The maximum Gasteiger partial charge on any atom is 0.309 e. The highest BCUT2D eigenvalue weighted by molar-refractivity contribution is 7.80. The molecule has 0 aliphatic carbocycles. The van der Waals surface area contributed by atoms with Crippen LogP contribution in [0.1, 0.15) is 139 Å². The van der Waals surface area contributed by atoms with Crippen molar-refractivity contribution in [3.63, 3.8) is 0 Å². The van der Waals surface area contributed by atoms with E-state index in [1.165, 1.54) is 0 Å². The highest BCUT2D eigenvalue weighted by Gasteiger charge is 2.63. The molecule has 5 aliphatic rings. The summed E-state index contributed by atoms with van der Waals surface area (Å²) in [5.41, 5.74) is -0.536. The van der Waals surface area contributed by atoms with Gasteiger partial charge in [0, 0.05) is 36.6 Å². The van der Waals surface area contributed by atoms with Gasteiger partial charge in [-0.2, -0.15) is 0 Å². The highest BCUT2D eigenvalue weighted by atomic mass is 32.1. The standard InChI is InChI=1S/C50H78N2O10S/c1-11-36(45(55)56)38-20-19-29(4)43(59-38)33(8)41(53)32(7)42(54)37(12-2)44-30(5)27-31(6)49(60-44)24-21-39(52-46(63)51-28-35-17-15-14-16-18-35)50(62-49)26-25-47(10,61-50)40-22-23-48(57,13-3)34(9)58-40/h14-18,21,24,29-34,36-41,43-44,53,57H,11-13,19-20,22-23,25-28H2,1-10H3,(H,55,56)(H2,51,52,63)/t29-,30-,31+,32-,33-,34-,36+,37?,38+,39+,40+,41+,43+,44-,47-,48+,49-,50-/m0/s1. The van der Waals surface area contributed by atoms with Crippen LogP contribution in [-0.4, -0.2) is 97.6 Å². The fourth-order valence-electron chi connectivity index (χ4n) is 11.6. The van der Waals surface area contributed by atoms with Crippen molar-refractivity contribution in [2.45, 2.75) is 205 Å². The second-order valence-electron chi connectivity index (χ2n) is 20.3. The number of hydrogen-bond donors (Lipinski definition) is 5. The molecule has 354 valence electrons. The maximum absolute atomic E-state index is 14.7. The summed E-state index contributed by atoms with van der Waals surface area (Å²) in [6.07, 6.45) is 7.22. The van der Waals surface area contributed by atoms with Crippen molar-refractivity contribution >= 4 is 29.1 Å². The summed E-state index contributed by atoms with van der Waals surface area (Å²) in [6.45, 7) is 20.5. The third-order valence-electron chi connectivity index (χ3n) is 16.1. The van der Waals surface area contributed by atoms with E-state index in [0.717, 1.165) is 18.4 Å². The normalized spacial score (nSPS) is 40.5. The van der Waals surface area contributed by atoms with Gasteiger partial charge in [-0.3, -0.25) is 9.59 Å². The van der Waals surface area contributed by atoms with Gasteiger partial charge in [-0.25, -0.2) is 0 Å². The van der Waals surface area contributed by atoms with Crippen LogP contribution in [0.25, 0.3) is 0 Å². The van der Waals surface area contributed by atoms with Gasteiger partial charge in [0.2, 0.25) is 0 Å². The molecule has 0 bridgehead atoms. The number of Topliss-reactive ketones (excluding diaryl/α,β-unsaturated/α-hetero) is 1. The maximum atomic E-state index is 14.7. The minimum atomic E-state index is -1.23. The molecule has 0 radical (unpaired) electrons. The first-order valence-corrected chi connectivity index (χ1v) is 24.5. The number of aliphatic hydroxyl groups excluding tert-OH is 1. The Morgan fingerprint density at radius 2 is 1.60 bits per heavy atom. The molecule has 5 N–H and O–H groups in total. The van der Waals surface area contributed by atoms with Crippen molar-refractivity contribution < 1.29 is 48.6 Å². The number of carboxylic acid groups (broad SMARTS) is 1. The lowest BCUT2D eigenvalue weighted by Gasteiger charge is -2.55. The quantitative estimate of drug-likeness (QED) is 0.0855. The number of nitrogens with one attached hydrogen (secondary N) is 2. The molecular weight excluding hydrogens is 821 g/mol. The van der Waals surface area contributed by atoms with Crippen LogP contribution in [0.2, 0.25) is 0 Å². The lowest BCUT2D eigenvalue weighted by Crippen LogP contribution is -2.66. The van der Waals surface area contributed by atoms with Crippen LogP contribution < -0.4 is 10.6 Å². The Morgan fingerprint density at radius 1 is 0.905 bits per heavy atom. The smallest absolute Gasteiger partial charge is 0.309 e. The molecule has 13 heteroatoms. The van der Waals surface area contributed by atoms with Gasteiger partial charge in [0.1, 0.15) is 11.8 Å². The monoisotopic (exact) mass is 899 g/mol. The van der Waals surface area contributed by atoms with Crippen LogP contribution in [0.3, 0.4) is 0 Å². The van der Waals surface area contributed by atoms with E-state index in [1.54, 1.807) is 6.92 Å². The summed E-state index contributed by atoms with van der Waals surface area (Å²) >= 11 is 5.88. The molecule has 5 aliphatic heterocycles. The van der Waals surface area contributed by atoms with Crippen molar-refractivity contribution in [1.82, 2.24) is 10.6 Å². The van der Waals surface area contributed by atoms with Gasteiger partial charge in [-0.15, -0.1) is 0 Å². The van der Waals surface area contributed by atoms with Crippen molar-refractivity contribution in [2.75, 3.05) is 0 Å². The number of rotatable bonds is 15. The van der Waals surface area contributed by atoms with Gasteiger partial charge in [0.15, 0.2) is 16.7 Å². The SMILES string of the molecule is CCC(C(=O)[C@@H](C)[C@@H](O)[C@H](C)[C@@H]1O[C@@H]([C@@H](CC)C(=O)O)CC[C@@H]1C)[C@H]1O[C@]2(C=C[C@@H](NC(=S)NCc3ccccc3)[C@]3(CC[C@@](C)([C@H]4CC[C@](O)(CC)[C@H](C)O4)O3)O2)[C@H](C)C[C@@H]1C. The van der Waals surface area contributed by atoms with Gasteiger partial charge in [0.25, 0.3) is 0 Å². The van der Waals surface area contributed by atoms with Crippen molar-refractivity contribution in [3.8, 4) is 0 Å². The number of benzene rings is 1. The summed E-state index contributed by atoms with van der Waals surface area (Å²) in [5, 5.41) is 40.4. The average Bonchev–Trinajstić information content (AvgIpc) is 3.60. The van der Waals surface area contributed by atoms with E-state index in [0.29, 0.717) is 63.0 Å². The van der Waals surface area contributed by atoms with Gasteiger partial charge < -0.3 is 49.6 Å². The molecule has 2 spiro atoms. The largest absolute Gasteiger partial charge is 0.481 e. The minimum absolute atomic E-state index is 0.00788. The minimum Gasteiger partial charge on any atom is -0.481 e. The Hall–Kier alpha value is -2.49. The van der Waals surface area contributed by atoms with E-state index in [9.17, 15) is 24.9 Å². The number of thiocarbonyl (C=S) groups is 1. The molecule has 18 atom stereocenters. The van der Waals surface area contributed by atoms with E-state index in [-0.39, 0.29) is 41.8 Å². The Bertz CT molecular complexity index is 1770. The Morgan fingerprint density at radius 3 is 2.24 bits per heavy atom. The summed E-state index contributed by atoms with van der Waals surface area (Å²) in [4.78, 5) is 26.8. The highest BCUT2D eigenvalue weighted by Crippen LogP contribution is 2.54. The van der Waals surface area contributed by atoms with Crippen LogP contribution in [0, 0.1) is 41.4 Å². The predicted octanol–water partition coefficient (Wildman–Crippen LogP) is 7.86. The third-order valence-corrected chi connectivity index (χ3v) is 16.3. The molecule has 6 rings (SSSR count). The molecule has 1 unspecified atom stereocenters. The lowest BCUT2D eigenvalue weighted by atomic mass is 9.72. The van der Waals surface area contributed by atoms with Gasteiger partial charge in [-0.1, -0.05) is 91.8 Å². The van der Waals surface area contributed by atoms with Crippen LogP contribution in [0.4, 0.5) is 0 Å². The van der Waals surface area contributed by atoms with E-state index >= 15 is 0 Å². The first kappa shape index (κ1) is 49.9. The van der Waals surface area contributed by atoms with Crippen molar-refractivity contribution in [2.24, 2.45) is 41.4 Å².